The van der Waals surface area contributed by atoms with Crippen molar-refractivity contribution in [2.24, 2.45) is 0 Å². The molecule has 2 heterocycles. The molecule has 0 radical (unpaired) electrons. The van der Waals surface area contributed by atoms with Crippen LogP contribution in [0, 0.1) is 0 Å². The molecule has 0 fully saturated rings. The highest BCUT2D eigenvalue weighted by Gasteiger charge is 2.04. The first kappa shape index (κ1) is 10.5. The van der Waals surface area contributed by atoms with E-state index in [0.717, 1.165) is 10.9 Å². The molecule has 0 aliphatic carbocycles. The molecule has 4 nitrogen and oxygen atoms in total. The number of aromatic nitrogens is 2. The number of para-hydroxylation sites is 1. The van der Waals surface area contributed by atoms with Gasteiger partial charge >= 0.3 is 0 Å². The molecular formula is C14H11N3O. The lowest BCUT2D eigenvalue weighted by Crippen LogP contribution is -1.92. The van der Waals surface area contributed by atoms with Gasteiger partial charge < -0.3 is 10.5 Å². The minimum absolute atomic E-state index is 0.466. The summed E-state index contributed by atoms with van der Waals surface area (Å²) in [5.41, 5.74) is 7.12. The van der Waals surface area contributed by atoms with Crippen molar-refractivity contribution in [3.8, 4) is 11.6 Å². The predicted molar refractivity (Wildman–Crippen MR) is 70.5 cm³/mol. The Kier molecular flexibility index (Phi) is 2.53. The van der Waals surface area contributed by atoms with Crippen LogP contribution in [0.5, 0.6) is 11.6 Å². The molecule has 0 saturated heterocycles. The molecule has 3 aromatic rings. The van der Waals surface area contributed by atoms with Gasteiger partial charge in [0.15, 0.2) is 5.75 Å². The highest BCUT2D eigenvalue weighted by atomic mass is 16.5. The van der Waals surface area contributed by atoms with Crippen molar-refractivity contribution in [1.82, 2.24) is 9.97 Å². The minimum atomic E-state index is 0.466. The number of rotatable bonds is 2. The van der Waals surface area contributed by atoms with E-state index < -0.39 is 0 Å². The van der Waals surface area contributed by atoms with Gasteiger partial charge in [0, 0.05) is 29.5 Å². The first-order valence-electron chi connectivity index (χ1n) is 5.56. The van der Waals surface area contributed by atoms with Gasteiger partial charge in [-0.25, -0.2) is 4.98 Å². The normalized spacial score (nSPS) is 10.4. The topological polar surface area (TPSA) is 61.0 Å². The molecule has 0 unspecified atom stereocenters. The van der Waals surface area contributed by atoms with Crippen molar-refractivity contribution in [2.45, 2.75) is 0 Å². The molecular weight excluding hydrogens is 226 g/mol. The van der Waals surface area contributed by atoms with E-state index in [1.807, 2.05) is 30.3 Å². The highest BCUT2D eigenvalue weighted by Crippen LogP contribution is 2.27. The van der Waals surface area contributed by atoms with Crippen LogP contribution in [0.2, 0.25) is 0 Å². The largest absolute Gasteiger partial charge is 0.437 e. The van der Waals surface area contributed by atoms with E-state index in [4.69, 9.17) is 10.5 Å². The number of hydrogen-bond donors (Lipinski definition) is 1. The fourth-order valence-electron chi connectivity index (χ4n) is 1.75. The Bertz CT molecular complexity index is 692. The van der Waals surface area contributed by atoms with Crippen LogP contribution in [-0.2, 0) is 0 Å². The van der Waals surface area contributed by atoms with Crippen molar-refractivity contribution in [1.29, 1.82) is 0 Å². The van der Waals surface area contributed by atoms with Gasteiger partial charge in [0.05, 0.1) is 0 Å². The molecule has 0 saturated carbocycles. The summed E-state index contributed by atoms with van der Waals surface area (Å²) >= 11 is 0. The first-order valence-corrected chi connectivity index (χ1v) is 5.56. The number of nitrogen functional groups attached to an aromatic ring is 1. The number of fused-ring (bicyclic) bond motifs is 1. The van der Waals surface area contributed by atoms with E-state index in [9.17, 15) is 0 Å². The summed E-state index contributed by atoms with van der Waals surface area (Å²) in [6.07, 6.45) is 3.35. The van der Waals surface area contributed by atoms with Crippen molar-refractivity contribution in [3.05, 3.63) is 54.9 Å². The lowest BCUT2D eigenvalue weighted by Gasteiger charge is -2.07. The summed E-state index contributed by atoms with van der Waals surface area (Å²) in [4.78, 5) is 8.43. The third-order valence-electron chi connectivity index (χ3n) is 2.57. The average molecular weight is 237 g/mol. The van der Waals surface area contributed by atoms with Crippen molar-refractivity contribution < 1.29 is 4.74 Å². The Labute approximate surface area is 104 Å². The van der Waals surface area contributed by atoms with E-state index in [2.05, 4.69) is 9.97 Å². The molecule has 18 heavy (non-hydrogen) atoms. The second-order valence-corrected chi connectivity index (χ2v) is 3.86. The standard InChI is InChI=1S/C14H11N3O/c15-11-6-8-16-13(9-11)18-12-5-1-3-10-4-2-7-17-14(10)12/h1-9H,(H2,15,16). The van der Waals surface area contributed by atoms with Gasteiger partial charge in [0.25, 0.3) is 0 Å². The molecule has 0 aliphatic heterocycles. The first-order chi connectivity index (χ1) is 8.83. The second-order valence-electron chi connectivity index (χ2n) is 3.86. The fraction of sp³-hybridized carbons (Fsp3) is 0. The van der Waals surface area contributed by atoms with Crippen molar-refractivity contribution >= 4 is 16.6 Å². The molecule has 88 valence electrons. The number of pyridine rings is 2. The maximum absolute atomic E-state index is 5.72. The van der Waals surface area contributed by atoms with Gasteiger partial charge in [-0.05, 0) is 18.2 Å². The Hall–Kier alpha value is -2.62. The SMILES string of the molecule is Nc1ccnc(Oc2cccc3cccnc23)c1. The molecule has 0 bridgehead atoms. The summed E-state index contributed by atoms with van der Waals surface area (Å²) < 4.78 is 5.72. The maximum atomic E-state index is 5.72. The van der Waals surface area contributed by atoms with Crippen LogP contribution in [0.4, 0.5) is 5.69 Å². The summed E-state index contributed by atoms with van der Waals surface area (Å²) in [5.74, 6) is 1.14. The van der Waals surface area contributed by atoms with Gasteiger partial charge in [0.1, 0.15) is 5.52 Å². The summed E-state index contributed by atoms with van der Waals surface area (Å²) in [5, 5.41) is 1.03. The summed E-state index contributed by atoms with van der Waals surface area (Å²) in [6, 6.07) is 13.1. The third-order valence-corrected chi connectivity index (χ3v) is 2.57. The smallest absolute Gasteiger partial charge is 0.221 e. The van der Waals surface area contributed by atoms with Crippen LogP contribution in [0.1, 0.15) is 0 Å². The van der Waals surface area contributed by atoms with E-state index >= 15 is 0 Å². The number of nitrogens with two attached hydrogens (primary N) is 1. The molecule has 1 aromatic carbocycles. The van der Waals surface area contributed by atoms with Gasteiger partial charge in [0.2, 0.25) is 5.88 Å². The lowest BCUT2D eigenvalue weighted by molar-refractivity contribution is 0.467. The molecule has 0 atom stereocenters. The quantitative estimate of drug-likeness (QED) is 0.744. The number of ether oxygens (including phenoxy) is 1. The van der Waals surface area contributed by atoms with Crippen LogP contribution in [-0.4, -0.2) is 9.97 Å². The molecule has 2 N–H and O–H groups in total. The van der Waals surface area contributed by atoms with Gasteiger partial charge in [-0.1, -0.05) is 18.2 Å². The number of nitrogens with zero attached hydrogens (tertiary/aromatic N) is 2. The Morgan fingerprint density at radius 2 is 1.83 bits per heavy atom. The zero-order chi connectivity index (χ0) is 12.4. The predicted octanol–water partition coefficient (Wildman–Crippen LogP) is 3.00. The van der Waals surface area contributed by atoms with E-state index in [-0.39, 0.29) is 0 Å². The Morgan fingerprint density at radius 3 is 2.72 bits per heavy atom. The molecule has 0 amide bonds. The van der Waals surface area contributed by atoms with Crippen molar-refractivity contribution in [2.75, 3.05) is 5.73 Å². The monoisotopic (exact) mass is 237 g/mol. The molecule has 4 heteroatoms. The third kappa shape index (κ3) is 1.96. The number of benzene rings is 1. The average Bonchev–Trinajstić information content (AvgIpc) is 2.39. The van der Waals surface area contributed by atoms with Gasteiger partial charge in [-0.2, -0.15) is 0 Å². The number of hydrogen-bond acceptors (Lipinski definition) is 4. The van der Waals surface area contributed by atoms with E-state index in [1.54, 1.807) is 24.5 Å². The van der Waals surface area contributed by atoms with Crippen LogP contribution in [0.3, 0.4) is 0 Å². The number of anilines is 1. The van der Waals surface area contributed by atoms with Gasteiger partial charge in [-0.15, -0.1) is 0 Å². The van der Waals surface area contributed by atoms with Crippen LogP contribution < -0.4 is 10.5 Å². The molecule has 0 aliphatic rings. The van der Waals surface area contributed by atoms with Crippen molar-refractivity contribution in [3.63, 3.8) is 0 Å². The van der Waals surface area contributed by atoms with Crippen LogP contribution >= 0.6 is 0 Å². The Morgan fingerprint density at radius 1 is 0.944 bits per heavy atom. The van der Waals surface area contributed by atoms with E-state index in [0.29, 0.717) is 17.3 Å². The second kappa shape index (κ2) is 4.33. The summed E-state index contributed by atoms with van der Waals surface area (Å²) in [7, 11) is 0. The summed E-state index contributed by atoms with van der Waals surface area (Å²) in [6.45, 7) is 0. The zero-order valence-electron chi connectivity index (χ0n) is 9.58. The fourth-order valence-corrected chi connectivity index (χ4v) is 1.75. The molecule has 0 spiro atoms. The van der Waals surface area contributed by atoms with Crippen LogP contribution in [0.15, 0.2) is 54.9 Å². The molecule has 2 aromatic heterocycles. The van der Waals surface area contributed by atoms with Gasteiger partial charge in [-0.3, -0.25) is 4.98 Å². The molecule has 3 rings (SSSR count). The highest BCUT2D eigenvalue weighted by molar-refractivity contribution is 5.84. The minimum Gasteiger partial charge on any atom is -0.437 e. The maximum Gasteiger partial charge on any atom is 0.221 e. The van der Waals surface area contributed by atoms with E-state index in [1.165, 1.54) is 0 Å². The Balaban J connectivity index is 2.05. The van der Waals surface area contributed by atoms with Crippen LogP contribution in [0.25, 0.3) is 10.9 Å². The zero-order valence-corrected chi connectivity index (χ0v) is 9.58. The lowest BCUT2D eigenvalue weighted by atomic mass is 10.2.